The van der Waals surface area contributed by atoms with Gasteiger partial charge in [0, 0.05) is 26.7 Å². The predicted molar refractivity (Wildman–Crippen MR) is 71.9 cm³/mol. The van der Waals surface area contributed by atoms with Crippen molar-refractivity contribution in [2.75, 3.05) is 19.6 Å². The highest BCUT2D eigenvalue weighted by atomic mass is 32.2. The van der Waals surface area contributed by atoms with E-state index >= 15 is 0 Å². The maximum absolute atomic E-state index is 12.4. The first-order chi connectivity index (χ1) is 9.46. The van der Waals surface area contributed by atoms with Crippen LogP contribution in [0.4, 0.5) is 4.79 Å². The minimum atomic E-state index is -3.48. The molecule has 1 fully saturated rings. The molecule has 1 aliphatic rings. The number of carbonyl (C=O) groups is 1. The number of amides is 2. The molecule has 0 radical (unpaired) electrons. The Labute approximate surface area is 118 Å². The Bertz CT molecular complexity index is 575. The number of aromatic nitrogens is 3. The van der Waals surface area contributed by atoms with E-state index in [1.54, 1.807) is 11.9 Å². The maximum Gasteiger partial charge on any atom is 0.317 e. The van der Waals surface area contributed by atoms with E-state index in [4.69, 9.17) is 0 Å². The van der Waals surface area contributed by atoms with Crippen LogP contribution in [0, 0.1) is 0 Å². The van der Waals surface area contributed by atoms with E-state index in [1.165, 1.54) is 10.9 Å². The van der Waals surface area contributed by atoms with Gasteiger partial charge in [-0.25, -0.2) is 13.2 Å². The van der Waals surface area contributed by atoms with Crippen molar-refractivity contribution in [1.82, 2.24) is 25.0 Å². The Morgan fingerprint density at radius 3 is 2.60 bits per heavy atom. The van der Waals surface area contributed by atoms with Gasteiger partial charge in [0.1, 0.15) is 6.33 Å². The summed E-state index contributed by atoms with van der Waals surface area (Å²) in [5.74, 6) is 0. The zero-order valence-electron chi connectivity index (χ0n) is 11.6. The molecule has 0 unspecified atom stereocenters. The van der Waals surface area contributed by atoms with Crippen LogP contribution in [0.2, 0.25) is 0 Å². The van der Waals surface area contributed by atoms with Crippen LogP contribution in [-0.2, 0) is 16.9 Å². The number of aryl methyl sites for hydroxylation is 1. The third-order valence-electron chi connectivity index (χ3n) is 3.42. The number of likely N-dealkylation sites (tertiary alicyclic amines) is 1. The molecule has 1 aromatic rings. The van der Waals surface area contributed by atoms with Crippen molar-refractivity contribution < 1.29 is 13.2 Å². The van der Waals surface area contributed by atoms with Gasteiger partial charge in [-0.15, -0.1) is 10.2 Å². The minimum Gasteiger partial charge on any atom is -0.338 e. The second-order valence-corrected chi connectivity index (χ2v) is 6.91. The molecule has 2 rings (SSSR count). The second-order valence-electron chi connectivity index (χ2n) is 4.79. The van der Waals surface area contributed by atoms with E-state index in [0.29, 0.717) is 32.5 Å². The molecule has 8 nitrogen and oxygen atoms in total. The molecule has 0 aromatic carbocycles. The van der Waals surface area contributed by atoms with Crippen molar-refractivity contribution in [1.29, 1.82) is 0 Å². The fourth-order valence-corrected chi connectivity index (χ4v) is 4.05. The van der Waals surface area contributed by atoms with Gasteiger partial charge in [0.25, 0.3) is 0 Å². The largest absolute Gasteiger partial charge is 0.338 e. The third-order valence-corrected chi connectivity index (χ3v) is 5.65. The lowest BCUT2D eigenvalue weighted by Crippen LogP contribution is -2.47. The van der Waals surface area contributed by atoms with Crippen LogP contribution in [0.1, 0.15) is 19.8 Å². The van der Waals surface area contributed by atoms with E-state index < -0.39 is 15.1 Å². The monoisotopic (exact) mass is 301 g/mol. The van der Waals surface area contributed by atoms with Crippen molar-refractivity contribution >= 4 is 15.9 Å². The molecule has 20 heavy (non-hydrogen) atoms. The van der Waals surface area contributed by atoms with Gasteiger partial charge in [-0.05, 0) is 19.8 Å². The molecule has 0 aliphatic carbocycles. The maximum atomic E-state index is 12.4. The summed E-state index contributed by atoms with van der Waals surface area (Å²) in [6.45, 7) is 3.29. The summed E-state index contributed by atoms with van der Waals surface area (Å²) in [5, 5.41) is 9.50. The molecular weight excluding hydrogens is 282 g/mol. The van der Waals surface area contributed by atoms with Gasteiger partial charge in [-0.1, -0.05) is 0 Å². The molecular formula is C11H19N5O3S. The lowest BCUT2D eigenvalue weighted by molar-refractivity contribution is 0.187. The first-order valence-corrected chi connectivity index (χ1v) is 8.12. The summed E-state index contributed by atoms with van der Waals surface area (Å²) in [6.07, 6.45) is 2.22. The summed E-state index contributed by atoms with van der Waals surface area (Å²) in [5.41, 5.74) is 0. The lowest BCUT2D eigenvalue weighted by Gasteiger charge is -2.31. The fourth-order valence-electron chi connectivity index (χ4n) is 2.31. The minimum absolute atomic E-state index is 0.00559. The third kappa shape index (κ3) is 2.77. The number of urea groups is 1. The van der Waals surface area contributed by atoms with Crippen molar-refractivity contribution in [3.63, 3.8) is 0 Å². The molecule has 2 heterocycles. The summed E-state index contributed by atoms with van der Waals surface area (Å²) in [4.78, 5) is 13.3. The van der Waals surface area contributed by atoms with Crippen LogP contribution in [0.25, 0.3) is 0 Å². The summed E-state index contributed by atoms with van der Waals surface area (Å²) in [7, 11) is -1.87. The number of nitrogens with zero attached hydrogens (tertiary/aromatic N) is 4. The van der Waals surface area contributed by atoms with E-state index in [9.17, 15) is 13.2 Å². The lowest BCUT2D eigenvalue weighted by atomic mass is 10.1. The van der Waals surface area contributed by atoms with Gasteiger partial charge in [-0.2, -0.15) is 0 Å². The average molecular weight is 301 g/mol. The predicted octanol–water partition coefficient (Wildman–Crippen LogP) is -0.217. The number of nitrogens with one attached hydrogen (secondary N) is 1. The molecule has 9 heteroatoms. The molecule has 0 atom stereocenters. The summed E-state index contributed by atoms with van der Waals surface area (Å²) in [6, 6.07) is -0.137. The zero-order valence-corrected chi connectivity index (χ0v) is 12.4. The van der Waals surface area contributed by atoms with Gasteiger partial charge < -0.3 is 14.8 Å². The van der Waals surface area contributed by atoms with Crippen LogP contribution < -0.4 is 5.32 Å². The highest BCUT2D eigenvalue weighted by molar-refractivity contribution is 7.91. The number of carbonyl (C=O) groups excluding carboxylic acids is 1. The zero-order chi connectivity index (χ0) is 14.8. The topological polar surface area (TPSA) is 97.2 Å². The molecule has 0 spiro atoms. The first-order valence-electron chi connectivity index (χ1n) is 6.57. The number of hydrogen-bond donors (Lipinski definition) is 1. The molecule has 1 aromatic heterocycles. The summed E-state index contributed by atoms with van der Waals surface area (Å²) < 4.78 is 26.3. The quantitative estimate of drug-likeness (QED) is 0.832. The van der Waals surface area contributed by atoms with E-state index in [-0.39, 0.29) is 11.2 Å². The van der Waals surface area contributed by atoms with E-state index in [2.05, 4.69) is 15.5 Å². The average Bonchev–Trinajstić information content (AvgIpc) is 2.86. The normalized spacial score (nSPS) is 17.2. The van der Waals surface area contributed by atoms with Crippen LogP contribution in [0.5, 0.6) is 0 Å². The highest BCUT2D eigenvalue weighted by Crippen LogP contribution is 2.22. The van der Waals surface area contributed by atoms with Crippen molar-refractivity contribution in [3.05, 3.63) is 6.33 Å². The van der Waals surface area contributed by atoms with Crippen LogP contribution in [0.3, 0.4) is 0 Å². The Hall–Kier alpha value is -1.64. The number of rotatable bonds is 3. The fraction of sp³-hybridized carbons (Fsp3) is 0.727. The van der Waals surface area contributed by atoms with Crippen LogP contribution in [-0.4, -0.2) is 59.0 Å². The molecule has 1 N–H and O–H groups in total. The Morgan fingerprint density at radius 1 is 1.45 bits per heavy atom. The molecule has 0 bridgehead atoms. The van der Waals surface area contributed by atoms with Crippen LogP contribution in [0.15, 0.2) is 11.5 Å². The molecule has 1 aliphatic heterocycles. The standard InChI is InChI=1S/C11H19N5O3S/c1-3-12-10(17)16-6-4-9(5-7-16)20(18,19)11-14-13-8-15(11)2/h8-9H,3-7H2,1-2H3,(H,12,17). The van der Waals surface area contributed by atoms with Crippen LogP contribution >= 0.6 is 0 Å². The smallest absolute Gasteiger partial charge is 0.317 e. The molecule has 0 saturated carbocycles. The second kappa shape index (κ2) is 5.78. The highest BCUT2D eigenvalue weighted by Gasteiger charge is 2.35. The first kappa shape index (κ1) is 14.8. The number of hydrogen-bond acceptors (Lipinski definition) is 5. The molecule has 1 saturated heterocycles. The number of sulfone groups is 1. The SMILES string of the molecule is CCNC(=O)N1CCC(S(=O)(=O)c2nncn2C)CC1. The Kier molecular flexibility index (Phi) is 4.26. The van der Waals surface area contributed by atoms with Gasteiger partial charge in [-0.3, -0.25) is 0 Å². The van der Waals surface area contributed by atoms with Crippen molar-refractivity contribution in [2.24, 2.45) is 7.05 Å². The van der Waals surface area contributed by atoms with Gasteiger partial charge in [0.2, 0.25) is 15.0 Å². The van der Waals surface area contributed by atoms with Gasteiger partial charge in [0.05, 0.1) is 5.25 Å². The van der Waals surface area contributed by atoms with Crippen molar-refractivity contribution in [3.8, 4) is 0 Å². The Morgan fingerprint density at radius 2 is 2.10 bits per heavy atom. The molecule has 2 amide bonds. The number of piperidine rings is 1. The van der Waals surface area contributed by atoms with E-state index in [0.717, 1.165) is 0 Å². The molecule has 112 valence electrons. The van der Waals surface area contributed by atoms with Gasteiger partial charge >= 0.3 is 6.03 Å². The van der Waals surface area contributed by atoms with Crippen molar-refractivity contribution in [2.45, 2.75) is 30.2 Å². The van der Waals surface area contributed by atoms with E-state index in [1.807, 2.05) is 6.92 Å². The Balaban J connectivity index is 2.04. The summed E-state index contributed by atoms with van der Waals surface area (Å²) >= 11 is 0. The van der Waals surface area contributed by atoms with Gasteiger partial charge in [0.15, 0.2) is 0 Å².